The zero-order valence-corrected chi connectivity index (χ0v) is 15.3. The van der Waals surface area contributed by atoms with Gasteiger partial charge >= 0.3 is 0 Å². The van der Waals surface area contributed by atoms with Crippen molar-refractivity contribution >= 4 is 21.6 Å². The van der Waals surface area contributed by atoms with Crippen LogP contribution in [0.5, 0.6) is 0 Å². The summed E-state index contributed by atoms with van der Waals surface area (Å²) < 4.78 is 28.0. The van der Waals surface area contributed by atoms with E-state index in [9.17, 15) is 13.2 Å². The first kappa shape index (κ1) is 17.5. The molecule has 1 amide bonds. The molecule has 0 spiro atoms. The van der Waals surface area contributed by atoms with Gasteiger partial charge in [-0.25, -0.2) is 8.42 Å². The summed E-state index contributed by atoms with van der Waals surface area (Å²) in [5.41, 5.74) is 2.87. The van der Waals surface area contributed by atoms with Crippen LogP contribution in [-0.2, 0) is 10.0 Å². The number of hydrogen-bond donors (Lipinski definition) is 1. The molecule has 1 aliphatic rings. The van der Waals surface area contributed by atoms with Crippen molar-refractivity contribution in [3.05, 3.63) is 59.2 Å². The number of anilines is 1. The van der Waals surface area contributed by atoms with E-state index in [0.29, 0.717) is 11.3 Å². The van der Waals surface area contributed by atoms with E-state index in [1.807, 2.05) is 26.0 Å². The second kappa shape index (κ2) is 6.88. The van der Waals surface area contributed by atoms with Crippen LogP contribution in [0.15, 0.2) is 47.4 Å². The Morgan fingerprint density at radius 2 is 1.76 bits per heavy atom. The van der Waals surface area contributed by atoms with E-state index < -0.39 is 10.0 Å². The third-order valence-corrected chi connectivity index (χ3v) is 5.77. The first-order chi connectivity index (χ1) is 11.9. The van der Waals surface area contributed by atoms with Crippen molar-refractivity contribution in [1.82, 2.24) is 4.90 Å². The van der Waals surface area contributed by atoms with E-state index in [1.54, 1.807) is 23.1 Å². The molecular weight excluding hydrogens is 336 g/mol. The predicted molar refractivity (Wildman–Crippen MR) is 98.3 cm³/mol. The molecule has 1 N–H and O–H groups in total. The topological polar surface area (TPSA) is 66.5 Å². The summed E-state index contributed by atoms with van der Waals surface area (Å²) in [7, 11) is -3.75. The van der Waals surface area contributed by atoms with E-state index >= 15 is 0 Å². The fourth-order valence-corrected chi connectivity index (χ4v) is 4.21. The molecule has 2 aromatic carbocycles. The molecule has 0 bridgehead atoms. The number of likely N-dealkylation sites (tertiary alicyclic amines) is 1. The summed E-state index contributed by atoms with van der Waals surface area (Å²) in [6.07, 6.45) is 2.00. The number of rotatable bonds is 4. The van der Waals surface area contributed by atoms with Gasteiger partial charge in [-0.15, -0.1) is 0 Å². The van der Waals surface area contributed by atoms with Gasteiger partial charge in [0, 0.05) is 18.7 Å². The second-order valence-corrected chi connectivity index (χ2v) is 8.13. The molecule has 0 aliphatic carbocycles. The minimum absolute atomic E-state index is 0.0949. The molecule has 2 aromatic rings. The van der Waals surface area contributed by atoms with E-state index in [2.05, 4.69) is 4.72 Å². The number of sulfonamides is 1. The van der Waals surface area contributed by atoms with Gasteiger partial charge in [0.15, 0.2) is 0 Å². The minimum Gasteiger partial charge on any atom is -0.339 e. The Hall–Kier alpha value is -2.34. The number of benzene rings is 2. The predicted octanol–water partition coefficient (Wildman–Crippen LogP) is 3.34. The van der Waals surface area contributed by atoms with Gasteiger partial charge in [0.2, 0.25) is 0 Å². The van der Waals surface area contributed by atoms with Gasteiger partial charge in [-0.3, -0.25) is 9.52 Å². The monoisotopic (exact) mass is 358 g/mol. The molecule has 1 saturated heterocycles. The van der Waals surface area contributed by atoms with Crippen molar-refractivity contribution in [3.63, 3.8) is 0 Å². The highest BCUT2D eigenvalue weighted by molar-refractivity contribution is 7.92. The summed E-state index contributed by atoms with van der Waals surface area (Å²) >= 11 is 0. The fourth-order valence-electron chi connectivity index (χ4n) is 3.03. The number of carbonyl (C=O) groups excluding carboxylic acids is 1. The molecule has 25 heavy (non-hydrogen) atoms. The summed E-state index contributed by atoms with van der Waals surface area (Å²) in [5.74, 6) is -0.110. The minimum atomic E-state index is -3.75. The van der Waals surface area contributed by atoms with Gasteiger partial charge in [-0.2, -0.15) is 0 Å². The number of amides is 1. The van der Waals surface area contributed by atoms with Crippen molar-refractivity contribution in [2.45, 2.75) is 31.6 Å². The molecule has 3 rings (SSSR count). The van der Waals surface area contributed by atoms with E-state index in [4.69, 9.17) is 0 Å². The number of hydrogen-bond acceptors (Lipinski definition) is 3. The highest BCUT2D eigenvalue weighted by atomic mass is 32.2. The highest BCUT2D eigenvalue weighted by Crippen LogP contribution is 2.22. The standard InChI is InChI=1S/C19H22N2O3S/c1-14-8-9-18(15(2)12-14)20-25(23,24)17-7-5-6-16(13-17)19(22)21-10-3-4-11-21/h5-9,12-13,20H,3-4,10-11H2,1-2H3. The molecule has 0 atom stereocenters. The van der Waals surface area contributed by atoms with Crippen LogP contribution in [0.2, 0.25) is 0 Å². The van der Waals surface area contributed by atoms with E-state index in [-0.39, 0.29) is 10.8 Å². The Morgan fingerprint density at radius 3 is 2.44 bits per heavy atom. The van der Waals surface area contributed by atoms with Crippen LogP contribution < -0.4 is 4.72 Å². The van der Waals surface area contributed by atoms with Crippen LogP contribution in [0.1, 0.15) is 34.3 Å². The maximum Gasteiger partial charge on any atom is 0.261 e. The van der Waals surface area contributed by atoms with Crippen molar-refractivity contribution in [2.75, 3.05) is 17.8 Å². The molecule has 0 unspecified atom stereocenters. The van der Waals surface area contributed by atoms with Gasteiger partial charge in [-0.1, -0.05) is 23.8 Å². The lowest BCUT2D eigenvalue weighted by Crippen LogP contribution is -2.27. The van der Waals surface area contributed by atoms with Crippen LogP contribution in [0, 0.1) is 13.8 Å². The molecule has 0 radical (unpaired) electrons. The van der Waals surface area contributed by atoms with Crippen LogP contribution in [0.3, 0.4) is 0 Å². The maximum absolute atomic E-state index is 12.7. The summed E-state index contributed by atoms with van der Waals surface area (Å²) in [6, 6.07) is 11.8. The molecule has 0 saturated carbocycles. The Labute approximate surface area is 148 Å². The molecule has 5 nitrogen and oxygen atoms in total. The third kappa shape index (κ3) is 3.85. The van der Waals surface area contributed by atoms with Gasteiger partial charge in [0.05, 0.1) is 10.6 Å². The van der Waals surface area contributed by atoms with Gasteiger partial charge in [0.1, 0.15) is 0 Å². The zero-order chi connectivity index (χ0) is 18.0. The number of carbonyl (C=O) groups is 1. The number of nitrogens with one attached hydrogen (secondary N) is 1. The molecule has 0 aromatic heterocycles. The largest absolute Gasteiger partial charge is 0.339 e. The first-order valence-electron chi connectivity index (χ1n) is 8.36. The maximum atomic E-state index is 12.7. The fraction of sp³-hybridized carbons (Fsp3) is 0.316. The second-order valence-electron chi connectivity index (χ2n) is 6.45. The van der Waals surface area contributed by atoms with Gasteiger partial charge in [-0.05, 0) is 56.5 Å². The lowest BCUT2D eigenvalue weighted by molar-refractivity contribution is 0.0792. The van der Waals surface area contributed by atoms with Crippen LogP contribution >= 0.6 is 0 Å². The number of nitrogens with zero attached hydrogens (tertiary/aromatic N) is 1. The average Bonchev–Trinajstić information content (AvgIpc) is 3.11. The molecule has 132 valence electrons. The van der Waals surface area contributed by atoms with Crippen LogP contribution in [0.4, 0.5) is 5.69 Å². The van der Waals surface area contributed by atoms with Crippen LogP contribution in [0.25, 0.3) is 0 Å². The normalized spacial score (nSPS) is 14.6. The molecular formula is C19H22N2O3S. The molecule has 1 aliphatic heterocycles. The third-order valence-electron chi connectivity index (χ3n) is 4.41. The van der Waals surface area contributed by atoms with Crippen molar-refractivity contribution < 1.29 is 13.2 Å². The quantitative estimate of drug-likeness (QED) is 0.911. The Kier molecular flexibility index (Phi) is 4.81. The Balaban J connectivity index is 1.87. The molecule has 6 heteroatoms. The summed E-state index contributed by atoms with van der Waals surface area (Å²) in [6.45, 7) is 5.28. The van der Waals surface area contributed by atoms with Crippen LogP contribution in [-0.4, -0.2) is 32.3 Å². The lowest BCUT2D eigenvalue weighted by Gasteiger charge is -2.16. The SMILES string of the molecule is Cc1ccc(NS(=O)(=O)c2cccc(C(=O)N3CCCC3)c2)c(C)c1. The molecule has 1 fully saturated rings. The van der Waals surface area contributed by atoms with Crippen molar-refractivity contribution in [2.24, 2.45) is 0 Å². The smallest absolute Gasteiger partial charge is 0.261 e. The first-order valence-corrected chi connectivity index (χ1v) is 9.84. The van der Waals surface area contributed by atoms with E-state index in [1.165, 1.54) is 12.1 Å². The summed E-state index contributed by atoms with van der Waals surface area (Å²) in [4.78, 5) is 14.3. The summed E-state index contributed by atoms with van der Waals surface area (Å²) in [5, 5.41) is 0. The molecule has 1 heterocycles. The Morgan fingerprint density at radius 1 is 1.04 bits per heavy atom. The van der Waals surface area contributed by atoms with Crippen molar-refractivity contribution in [1.29, 1.82) is 0 Å². The number of aryl methyl sites for hydroxylation is 2. The van der Waals surface area contributed by atoms with Crippen molar-refractivity contribution in [3.8, 4) is 0 Å². The lowest BCUT2D eigenvalue weighted by atomic mass is 10.1. The van der Waals surface area contributed by atoms with Gasteiger partial charge in [0.25, 0.3) is 15.9 Å². The van der Waals surface area contributed by atoms with E-state index in [0.717, 1.165) is 37.1 Å². The van der Waals surface area contributed by atoms with Gasteiger partial charge < -0.3 is 4.90 Å². The average molecular weight is 358 g/mol. The zero-order valence-electron chi connectivity index (χ0n) is 14.5. The highest BCUT2D eigenvalue weighted by Gasteiger charge is 2.22. The Bertz CT molecular complexity index is 901.